The van der Waals surface area contributed by atoms with Gasteiger partial charge in [-0.3, -0.25) is 4.79 Å². The van der Waals surface area contributed by atoms with Crippen LogP contribution in [0.2, 0.25) is 0 Å². The first-order chi connectivity index (χ1) is 13.7. The molecule has 29 heavy (non-hydrogen) atoms. The summed E-state index contributed by atoms with van der Waals surface area (Å²) < 4.78 is 5.95. The normalized spacial score (nSPS) is 11.0. The molecule has 0 spiro atoms. The summed E-state index contributed by atoms with van der Waals surface area (Å²) in [4.78, 5) is 27.8. The van der Waals surface area contributed by atoms with Gasteiger partial charge in [0.05, 0.1) is 17.9 Å². The third-order valence-corrected chi connectivity index (χ3v) is 5.98. The van der Waals surface area contributed by atoms with E-state index in [-0.39, 0.29) is 12.2 Å². The zero-order valence-electron chi connectivity index (χ0n) is 16.9. The van der Waals surface area contributed by atoms with Crippen molar-refractivity contribution < 1.29 is 14.3 Å². The Labute approximate surface area is 182 Å². The van der Waals surface area contributed by atoms with Crippen molar-refractivity contribution in [2.24, 2.45) is 0 Å². The van der Waals surface area contributed by atoms with Crippen molar-refractivity contribution in [2.45, 2.75) is 20.8 Å². The van der Waals surface area contributed by atoms with Crippen LogP contribution in [0.25, 0.3) is 6.08 Å². The van der Waals surface area contributed by atoms with E-state index < -0.39 is 11.9 Å². The Kier molecular flexibility index (Phi) is 7.59. The first kappa shape index (κ1) is 22.7. The molecule has 0 bridgehead atoms. The van der Waals surface area contributed by atoms with E-state index in [1.165, 1.54) is 17.4 Å². The smallest absolute Gasteiger partial charge is 0.341 e. The van der Waals surface area contributed by atoms with Gasteiger partial charge in [0, 0.05) is 23.4 Å². The van der Waals surface area contributed by atoms with Gasteiger partial charge in [0.15, 0.2) is 0 Å². The second-order valence-electron chi connectivity index (χ2n) is 6.44. The number of nitrogens with one attached hydrogen (secondary N) is 1. The SMILES string of the molecule is CCOC(=O)c1c(NC(=O)C(C#N)=Cc2ccc(N(C)C)c(Br)c2)sc(C)c1C. The van der Waals surface area contributed by atoms with Crippen molar-refractivity contribution in [3.05, 3.63) is 49.8 Å². The van der Waals surface area contributed by atoms with Gasteiger partial charge in [-0.25, -0.2) is 4.79 Å². The number of nitrogens with zero attached hydrogens (tertiary/aromatic N) is 2. The average Bonchev–Trinajstić information content (AvgIpc) is 2.93. The lowest BCUT2D eigenvalue weighted by atomic mass is 10.1. The minimum Gasteiger partial charge on any atom is -0.462 e. The molecule has 0 fully saturated rings. The molecule has 0 saturated carbocycles. The molecule has 1 N–H and O–H groups in total. The maximum Gasteiger partial charge on any atom is 0.341 e. The summed E-state index contributed by atoms with van der Waals surface area (Å²) in [5, 5.41) is 12.6. The van der Waals surface area contributed by atoms with Gasteiger partial charge >= 0.3 is 5.97 Å². The van der Waals surface area contributed by atoms with E-state index in [1.54, 1.807) is 13.8 Å². The zero-order valence-corrected chi connectivity index (χ0v) is 19.3. The van der Waals surface area contributed by atoms with Crippen molar-refractivity contribution in [1.29, 1.82) is 5.26 Å². The average molecular weight is 476 g/mol. The van der Waals surface area contributed by atoms with E-state index in [9.17, 15) is 14.9 Å². The number of carbonyl (C=O) groups is 2. The van der Waals surface area contributed by atoms with Crippen LogP contribution in [0.3, 0.4) is 0 Å². The van der Waals surface area contributed by atoms with Crippen molar-refractivity contribution in [1.82, 2.24) is 0 Å². The van der Waals surface area contributed by atoms with Crippen LogP contribution in [0.5, 0.6) is 0 Å². The number of nitriles is 1. The Morgan fingerprint density at radius 3 is 2.59 bits per heavy atom. The minimum atomic E-state index is -0.577. The number of hydrogen-bond acceptors (Lipinski definition) is 6. The molecule has 1 heterocycles. The van der Waals surface area contributed by atoms with Crippen molar-refractivity contribution in [2.75, 3.05) is 30.9 Å². The molecule has 0 aliphatic rings. The highest BCUT2D eigenvalue weighted by Crippen LogP contribution is 2.33. The summed E-state index contributed by atoms with van der Waals surface area (Å²) in [7, 11) is 3.85. The molecule has 0 unspecified atom stereocenters. The fraction of sp³-hybridized carbons (Fsp3) is 0.286. The van der Waals surface area contributed by atoms with Crippen molar-refractivity contribution in [3.63, 3.8) is 0 Å². The number of carbonyl (C=O) groups excluding carboxylic acids is 2. The van der Waals surface area contributed by atoms with Gasteiger partial charge in [0.25, 0.3) is 5.91 Å². The predicted octanol–water partition coefficient (Wildman–Crippen LogP) is 4.92. The molecule has 0 radical (unpaired) electrons. The minimum absolute atomic E-state index is 0.0620. The summed E-state index contributed by atoms with van der Waals surface area (Å²) in [5.41, 5.74) is 2.72. The summed E-state index contributed by atoms with van der Waals surface area (Å²) in [6.07, 6.45) is 1.51. The molecule has 0 atom stereocenters. The quantitative estimate of drug-likeness (QED) is 0.364. The van der Waals surface area contributed by atoms with E-state index in [0.717, 1.165) is 20.6 Å². The lowest BCUT2D eigenvalue weighted by Crippen LogP contribution is -2.16. The lowest BCUT2D eigenvalue weighted by molar-refractivity contribution is -0.112. The Hall–Kier alpha value is -2.63. The maximum atomic E-state index is 12.7. The molecule has 0 aliphatic carbocycles. The van der Waals surface area contributed by atoms with Gasteiger partial charge in [-0.05, 0) is 66.0 Å². The van der Waals surface area contributed by atoms with E-state index >= 15 is 0 Å². The number of rotatable bonds is 6. The highest BCUT2D eigenvalue weighted by Gasteiger charge is 2.23. The van der Waals surface area contributed by atoms with Crippen LogP contribution in [-0.4, -0.2) is 32.6 Å². The molecule has 152 valence electrons. The summed E-state index contributed by atoms with van der Waals surface area (Å²) in [5.74, 6) is -1.07. The van der Waals surface area contributed by atoms with Gasteiger partial charge < -0.3 is 15.0 Å². The lowest BCUT2D eigenvalue weighted by Gasteiger charge is -2.14. The van der Waals surface area contributed by atoms with Crippen LogP contribution >= 0.6 is 27.3 Å². The number of halogens is 1. The Morgan fingerprint density at radius 1 is 1.34 bits per heavy atom. The first-order valence-electron chi connectivity index (χ1n) is 8.86. The maximum absolute atomic E-state index is 12.7. The van der Waals surface area contributed by atoms with Gasteiger partial charge in [-0.2, -0.15) is 5.26 Å². The fourth-order valence-electron chi connectivity index (χ4n) is 2.63. The molecule has 2 aromatic rings. The molecule has 8 heteroatoms. The number of esters is 1. The standard InChI is InChI=1S/C21H22BrN3O3S/c1-6-28-21(27)18-12(2)13(3)29-20(18)24-19(26)15(11-23)9-14-7-8-17(25(4)5)16(22)10-14/h7-10H,6H2,1-5H3,(H,24,26). The number of aryl methyl sites for hydroxylation is 1. The molecule has 6 nitrogen and oxygen atoms in total. The molecule has 1 aromatic heterocycles. The van der Waals surface area contributed by atoms with E-state index in [0.29, 0.717) is 16.1 Å². The largest absolute Gasteiger partial charge is 0.462 e. The number of thiophene rings is 1. The Balaban J connectivity index is 2.33. The zero-order chi connectivity index (χ0) is 21.7. The predicted molar refractivity (Wildman–Crippen MR) is 120 cm³/mol. The molecule has 1 aromatic carbocycles. The van der Waals surface area contributed by atoms with Crippen LogP contribution < -0.4 is 10.2 Å². The third kappa shape index (κ3) is 5.25. The monoisotopic (exact) mass is 475 g/mol. The summed E-state index contributed by atoms with van der Waals surface area (Å²) in [6, 6.07) is 7.50. The third-order valence-electron chi connectivity index (χ3n) is 4.22. The van der Waals surface area contributed by atoms with Gasteiger partial charge in [-0.15, -0.1) is 11.3 Å². The Morgan fingerprint density at radius 2 is 2.03 bits per heavy atom. The summed E-state index contributed by atoms with van der Waals surface area (Å²) in [6.45, 7) is 5.63. The Bertz CT molecular complexity index is 1020. The molecule has 2 rings (SSSR count). The van der Waals surface area contributed by atoms with Gasteiger partial charge in [0.2, 0.25) is 0 Å². The molecular formula is C21H22BrN3O3S. The van der Waals surface area contributed by atoms with Crippen LogP contribution in [0.15, 0.2) is 28.2 Å². The molecular weight excluding hydrogens is 454 g/mol. The van der Waals surface area contributed by atoms with Crippen molar-refractivity contribution >= 4 is 55.9 Å². The van der Waals surface area contributed by atoms with Crippen LogP contribution in [0, 0.1) is 25.2 Å². The number of benzene rings is 1. The number of hydrogen-bond donors (Lipinski definition) is 1. The second kappa shape index (κ2) is 9.72. The number of anilines is 2. The number of ether oxygens (including phenoxy) is 1. The molecule has 0 saturated heterocycles. The molecule has 0 aliphatic heterocycles. The molecule has 1 amide bonds. The topological polar surface area (TPSA) is 82.4 Å². The van der Waals surface area contributed by atoms with E-state index in [1.807, 2.05) is 50.2 Å². The van der Waals surface area contributed by atoms with Gasteiger partial charge in [0.1, 0.15) is 16.6 Å². The van der Waals surface area contributed by atoms with Crippen LogP contribution in [0.4, 0.5) is 10.7 Å². The fourth-order valence-corrected chi connectivity index (χ4v) is 4.42. The first-order valence-corrected chi connectivity index (χ1v) is 10.5. The van der Waals surface area contributed by atoms with E-state index in [4.69, 9.17) is 4.74 Å². The van der Waals surface area contributed by atoms with Gasteiger partial charge in [-0.1, -0.05) is 6.07 Å². The summed E-state index contributed by atoms with van der Waals surface area (Å²) >= 11 is 4.78. The van der Waals surface area contributed by atoms with E-state index in [2.05, 4.69) is 21.2 Å². The van der Waals surface area contributed by atoms with Crippen LogP contribution in [0.1, 0.15) is 33.3 Å². The van der Waals surface area contributed by atoms with Crippen molar-refractivity contribution in [3.8, 4) is 6.07 Å². The number of amides is 1. The highest BCUT2D eigenvalue weighted by molar-refractivity contribution is 9.10. The second-order valence-corrected chi connectivity index (χ2v) is 8.52. The highest BCUT2D eigenvalue weighted by atomic mass is 79.9. The van der Waals surface area contributed by atoms with Crippen LogP contribution in [-0.2, 0) is 9.53 Å².